The summed E-state index contributed by atoms with van der Waals surface area (Å²) in [5, 5.41) is 3.46. The number of nitrogens with one attached hydrogen (secondary N) is 1. The first-order valence-electron chi connectivity index (χ1n) is 7.52. The van der Waals surface area contributed by atoms with Crippen molar-refractivity contribution in [1.29, 1.82) is 0 Å². The van der Waals surface area contributed by atoms with Gasteiger partial charge in [-0.3, -0.25) is 9.59 Å². The van der Waals surface area contributed by atoms with Crippen LogP contribution in [0.15, 0.2) is 59.5 Å². The van der Waals surface area contributed by atoms with Crippen molar-refractivity contribution in [2.75, 3.05) is 24.7 Å². The molecular formula is C18H19ClN2O2S. The normalized spacial score (nSPS) is 10.2. The molecule has 0 aliphatic carbocycles. The van der Waals surface area contributed by atoms with Crippen molar-refractivity contribution >= 4 is 40.9 Å². The zero-order valence-electron chi connectivity index (χ0n) is 13.4. The zero-order chi connectivity index (χ0) is 17.4. The molecule has 0 heterocycles. The Morgan fingerprint density at radius 2 is 1.75 bits per heavy atom. The first-order chi connectivity index (χ1) is 11.5. The van der Waals surface area contributed by atoms with E-state index in [2.05, 4.69) is 5.32 Å². The molecule has 6 heteroatoms. The van der Waals surface area contributed by atoms with Gasteiger partial charge < -0.3 is 10.2 Å². The molecule has 4 nitrogen and oxygen atoms in total. The highest BCUT2D eigenvalue weighted by molar-refractivity contribution is 7.99. The van der Waals surface area contributed by atoms with Gasteiger partial charge >= 0.3 is 0 Å². The van der Waals surface area contributed by atoms with Gasteiger partial charge in [0.2, 0.25) is 11.8 Å². The molecule has 0 fully saturated rings. The van der Waals surface area contributed by atoms with E-state index < -0.39 is 0 Å². The van der Waals surface area contributed by atoms with Crippen LogP contribution >= 0.6 is 23.4 Å². The number of likely N-dealkylation sites (N-methyl/N-ethyl adjacent to an activating group) is 1. The van der Waals surface area contributed by atoms with Crippen LogP contribution in [-0.2, 0) is 9.59 Å². The van der Waals surface area contributed by atoms with Crippen LogP contribution in [0.2, 0.25) is 5.02 Å². The monoisotopic (exact) mass is 362 g/mol. The van der Waals surface area contributed by atoms with Crippen LogP contribution < -0.4 is 5.32 Å². The van der Waals surface area contributed by atoms with Crippen molar-refractivity contribution in [1.82, 2.24) is 4.90 Å². The van der Waals surface area contributed by atoms with Gasteiger partial charge in [0.05, 0.1) is 6.54 Å². The van der Waals surface area contributed by atoms with Crippen molar-refractivity contribution < 1.29 is 9.59 Å². The molecule has 1 N–H and O–H groups in total. The third-order valence-electron chi connectivity index (χ3n) is 3.26. The molecule has 0 saturated carbocycles. The van der Waals surface area contributed by atoms with E-state index in [1.807, 2.05) is 54.6 Å². The minimum Gasteiger partial charge on any atom is -0.336 e. The van der Waals surface area contributed by atoms with Gasteiger partial charge in [-0.1, -0.05) is 29.8 Å². The Morgan fingerprint density at radius 1 is 1.08 bits per heavy atom. The van der Waals surface area contributed by atoms with Gasteiger partial charge in [0, 0.05) is 34.8 Å². The summed E-state index contributed by atoms with van der Waals surface area (Å²) in [5.74, 6) is 0.396. The van der Waals surface area contributed by atoms with Crippen LogP contribution in [0.1, 0.15) is 6.42 Å². The highest BCUT2D eigenvalue weighted by Crippen LogP contribution is 2.21. The molecular weight excluding hydrogens is 344 g/mol. The van der Waals surface area contributed by atoms with Gasteiger partial charge in [0.1, 0.15) is 0 Å². The standard InChI is InChI=1S/C18H19ClN2O2S/c1-21(13-17(22)20-15-5-3-2-4-6-15)18(23)11-12-24-16-9-7-14(19)8-10-16/h2-10H,11-13H2,1H3,(H,20,22). The number of halogens is 1. The Hall–Kier alpha value is -1.98. The summed E-state index contributed by atoms with van der Waals surface area (Å²) in [5.41, 5.74) is 0.724. The highest BCUT2D eigenvalue weighted by atomic mass is 35.5. The molecule has 2 aromatic carbocycles. The highest BCUT2D eigenvalue weighted by Gasteiger charge is 2.13. The van der Waals surface area contributed by atoms with E-state index in [1.54, 1.807) is 18.8 Å². The molecule has 0 atom stereocenters. The average Bonchev–Trinajstić information content (AvgIpc) is 2.57. The van der Waals surface area contributed by atoms with Gasteiger partial charge in [0.25, 0.3) is 0 Å². The van der Waals surface area contributed by atoms with Crippen LogP contribution in [0.3, 0.4) is 0 Å². The van der Waals surface area contributed by atoms with Gasteiger partial charge in [-0.05, 0) is 36.4 Å². The summed E-state index contributed by atoms with van der Waals surface area (Å²) in [6.45, 7) is 0.0410. The minimum absolute atomic E-state index is 0.0410. The Balaban J connectivity index is 1.71. The second kappa shape index (κ2) is 9.35. The van der Waals surface area contributed by atoms with E-state index in [0.717, 1.165) is 10.6 Å². The number of rotatable bonds is 7. The van der Waals surface area contributed by atoms with Crippen LogP contribution in [0, 0.1) is 0 Å². The third-order valence-corrected chi connectivity index (χ3v) is 4.53. The summed E-state index contributed by atoms with van der Waals surface area (Å²) in [6, 6.07) is 16.7. The second-order valence-corrected chi connectivity index (χ2v) is 6.82. The van der Waals surface area contributed by atoms with E-state index in [-0.39, 0.29) is 18.4 Å². The first kappa shape index (κ1) is 18.4. The number of anilines is 1. The van der Waals surface area contributed by atoms with Crippen LogP contribution in [0.5, 0.6) is 0 Å². The number of benzene rings is 2. The molecule has 0 aromatic heterocycles. The maximum atomic E-state index is 12.1. The van der Waals surface area contributed by atoms with Gasteiger partial charge in [-0.2, -0.15) is 0 Å². The number of nitrogens with zero attached hydrogens (tertiary/aromatic N) is 1. The first-order valence-corrected chi connectivity index (χ1v) is 8.88. The molecule has 0 saturated heterocycles. The second-order valence-electron chi connectivity index (χ2n) is 5.22. The summed E-state index contributed by atoms with van der Waals surface area (Å²) in [6.07, 6.45) is 0.377. The van der Waals surface area contributed by atoms with Crippen molar-refractivity contribution in [3.8, 4) is 0 Å². The minimum atomic E-state index is -0.206. The molecule has 0 bridgehead atoms. The van der Waals surface area contributed by atoms with Crippen molar-refractivity contribution in [2.24, 2.45) is 0 Å². The lowest BCUT2D eigenvalue weighted by molar-refractivity contribution is -0.132. The number of carbonyl (C=O) groups is 2. The number of hydrogen-bond donors (Lipinski definition) is 1. The molecule has 0 aliphatic heterocycles. The topological polar surface area (TPSA) is 49.4 Å². The Morgan fingerprint density at radius 3 is 2.42 bits per heavy atom. The van der Waals surface area contributed by atoms with Crippen LogP contribution in [-0.4, -0.2) is 36.1 Å². The van der Waals surface area contributed by atoms with E-state index in [1.165, 1.54) is 4.90 Å². The fraction of sp³-hybridized carbons (Fsp3) is 0.222. The Kier molecular flexibility index (Phi) is 7.15. The summed E-state index contributed by atoms with van der Waals surface area (Å²) in [4.78, 5) is 26.5. The smallest absolute Gasteiger partial charge is 0.243 e. The number of amides is 2. The quantitative estimate of drug-likeness (QED) is 0.759. The fourth-order valence-electron chi connectivity index (χ4n) is 2.00. The molecule has 0 unspecified atom stereocenters. The molecule has 126 valence electrons. The lowest BCUT2D eigenvalue weighted by Gasteiger charge is -2.16. The molecule has 2 aromatic rings. The maximum Gasteiger partial charge on any atom is 0.243 e. The number of para-hydroxylation sites is 1. The Labute approximate surface area is 151 Å². The lowest BCUT2D eigenvalue weighted by atomic mass is 10.3. The molecule has 0 spiro atoms. The largest absolute Gasteiger partial charge is 0.336 e. The molecule has 0 aliphatic rings. The van der Waals surface area contributed by atoms with E-state index in [4.69, 9.17) is 11.6 Å². The fourth-order valence-corrected chi connectivity index (χ4v) is 2.97. The predicted octanol–water partition coefficient (Wildman–Crippen LogP) is 3.92. The lowest BCUT2D eigenvalue weighted by Crippen LogP contribution is -2.35. The summed E-state index contributed by atoms with van der Waals surface area (Å²) >= 11 is 7.43. The van der Waals surface area contributed by atoms with Crippen molar-refractivity contribution in [3.63, 3.8) is 0 Å². The average molecular weight is 363 g/mol. The molecule has 2 rings (SSSR count). The van der Waals surface area contributed by atoms with Crippen molar-refractivity contribution in [3.05, 3.63) is 59.6 Å². The van der Waals surface area contributed by atoms with Crippen molar-refractivity contribution in [2.45, 2.75) is 11.3 Å². The van der Waals surface area contributed by atoms with Crippen LogP contribution in [0.25, 0.3) is 0 Å². The predicted molar refractivity (Wildman–Crippen MR) is 99.5 cm³/mol. The SMILES string of the molecule is CN(CC(=O)Nc1ccccc1)C(=O)CCSc1ccc(Cl)cc1. The Bertz CT molecular complexity index is 677. The van der Waals surface area contributed by atoms with Gasteiger partial charge in [-0.25, -0.2) is 0 Å². The number of hydrogen-bond acceptors (Lipinski definition) is 3. The molecule has 2 amide bonds. The van der Waals surface area contributed by atoms with E-state index in [9.17, 15) is 9.59 Å². The van der Waals surface area contributed by atoms with E-state index in [0.29, 0.717) is 17.2 Å². The number of carbonyl (C=O) groups excluding carboxylic acids is 2. The van der Waals surface area contributed by atoms with E-state index >= 15 is 0 Å². The van der Waals surface area contributed by atoms with Gasteiger partial charge in [-0.15, -0.1) is 11.8 Å². The van der Waals surface area contributed by atoms with Crippen LogP contribution in [0.4, 0.5) is 5.69 Å². The summed E-state index contributed by atoms with van der Waals surface area (Å²) in [7, 11) is 1.64. The zero-order valence-corrected chi connectivity index (χ0v) is 14.9. The number of thioether (sulfide) groups is 1. The maximum absolute atomic E-state index is 12.1. The third kappa shape index (κ3) is 6.26. The molecule has 0 radical (unpaired) electrons. The van der Waals surface area contributed by atoms with Gasteiger partial charge in [0.15, 0.2) is 0 Å². The molecule has 24 heavy (non-hydrogen) atoms. The summed E-state index contributed by atoms with van der Waals surface area (Å²) < 4.78 is 0.